The van der Waals surface area contributed by atoms with Gasteiger partial charge in [0.25, 0.3) is 0 Å². The minimum Gasteiger partial charge on any atom is -0.481 e. The van der Waals surface area contributed by atoms with Crippen molar-refractivity contribution in [3.63, 3.8) is 0 Å². The average molecular weight is 261 g/mol. The molecule has 0 radical (unpaired) electrons. The zero-order valence-corrected chi connectivity index (χ0v) is 11.6. The van der Waals surface area contributed by atoms with Crippen LogP contribution in [0.3, 0.4) is 0 Å². The van der Waals surface area contributed by atoms with Crippen molar-refractivity contribution >= 4 is 5.97 Å². The Kier molecular flexibility index (Phi) is 4.97. The van der Waals surface area contributed by atoms with Gasteiger partial charge in [-0.05, 0) is 30.9 Å². The van der Waals surface area contributed by atoms with Crippen molar-refractivity contribution in [3.8, 4) is 0 Å². The molecule has 1 saturated heterocycles. The molecule has 3 nitrogen and oxygen atoms in total. The van der Waals surface area contributed by atoms with Gasteiger partial charge in [0.1, 0.15) is 0 Å². The van der Waals surface area contributed by atoms with Crippen molar-refractivity contribution in [1.82, 2.24) is 4.90 Å². The molecule has 104 valence electrons. The third-order valence-corrected chi connectivity index (χ3v) is 3.97. The van der Waals surface area contributed by atoms with E-state index in [-0.39, 0.29) is 0 Å². The van der Waals surface area contributed by atoms with E-state index in [0.717, 1.165) is 32.4 Å². The Balaban J connectivity index is 2.03. The lowest BCUT2D eigenvalue weighted by molar-refractivity contribution is -0.138. The summed E-state index contributed by atoms with van der Waals surface area (Å²) in [7, 11) is 0. The van der Waals surface area contributed by atoms with E-state index in [9.17, 15) is 4.79 Å². The maximum absolute atomic E-state index is 10.8. The lowest BCUT2D eigenvalue weighted by Crippen LogP contribution is -2.27. The summed E-state index contributed by atoms with van der Waals surface area (Å²) in [5, 5.41) is 8.90. The zero-order valence-electron chi connectivity index (χ0n) is 11.6. The SMILES string of the molecule is CCCC(c1ccccc1)N1CCC(CC(=O)O)C1. The largest absolute Gasteiger partial charge is 0.481 e. The first-order valence-electron chi connectivity index (χ1n) is 7.21. The normalized spacial score (nSPS) is 21.4. The fourth-order valence-corrected chi connectivity index (χ4v) is 3.07. The first kappa shape index (κ1) is 14.1. The van der Waals surface area contributed by atoms with E-state index in [1.807, 2.05) is 6.07 Å². The Morgan fingerprint density at radius 3 is 2.79 bits per heavy atom. The smallest absolute Gasteiger partial charge is 0.303 e. The van der Waals surface area contributed by atoms with Crippen LogP contribution in [0.2, 0.25) is 0 Å². The summed E-state index contributed by atoms with van der Waals surface area (Å²) in [5.41, 5.74) is 1.36. The van der Waals surface area contributed by atoms with Crippen LogP contribution in [0.25, 0.3) is 0 Å². The number of carboxylic acid groups (broad SMARTS) is 1. The van der Waals surface area contributed by atoms with Crippen LogP contribution in [0.5, 0.6) is 0 Å². The van der Waals surface area contributed by atoms with Gasteiger partial charge >= 0.3 is 5.97 Å². The molecular weight excluding hydrogens is 238 g/mol. The Labute approximate surface area is 115 Å². The van der Waals surface area contributed by atoms with Crippen molar-refractivity contribution in [3.05, 3.63) is 35.9 Å². The molecule has 2 unspecified atom stereocenters. The molecule has 2 rings (SSSR count). The molecule has 1 aliphatic heterocycles. The number of likely N-dealkylation sites (tertiary alicyclic amines) is 1. The van der Waals surface area contributed by atoms with Crippen molar-refractivity contribution in [1.29, 1.82) is 0 Å². The van der Waals surface area contributed by atoms with Crippen molar-refractivity contribution in [2.45, 2.75) is 38.6 Å². The Bertz CT molecular complexity index is 404. The monoisotopic (exact) mass is 261 g/mol. The summed E-state index contributed by atoms with van der Waals surface area (Å²) in [5.74, 6) is -0.348. The highest BCUT2D eigenvalue weighted by Crippen LogP contribution is 2.32. The van der Waals surface area contributed by atoms with Crippen LogP contribution in [-0.4, -0.2) is 29.1 Å². The molecule has 1 aromatic carbocycles. The van der Waals surface area contributed by atoms with Crippen molar-refractivity contribution in [2.24, 2.45) is 5.92 Å². The molecule has 1 heterocycles. The summed E-state index contributed by atoms with van der Waals surface area (Å²) in [6.45, 7) is 4.16. The van der Waals surface area contributed by atoms with Gasteiger partial charge in [0.05, 0.1) is 0 Å². The topological polar surface area (TPSA) is 40.5 Å². The summed E-state index contributed by atoms with van der Waals surface area (Å²) in [4.78, 5) is 13.3. The number of rotatable bonds is 6. The molecule has 19 heavy (non-hydrogen) atoms. The van der Waals surface area contributed by atoms with Crippen LogP contribution >= 0.6 is 0 Å². The molecule has 2 atom stereocenters. The summed E-state index contributed by atoms with van der Waals surface area (Å²) in [6.07, 6.45) is 3.62. The second-order valence-electron chi connectivity index (χ2n) is 5.46. The Hall–Kier alpha value is -1.35. The van der Waals surface area contributed by atoms with E-state index >= 15 is 0 Å². The summed E-state index contributed by atoms with van der Waals surface area (Å²) < 4.78 is 0. The molecular formula is C16H23NO2. The van der Waals surface area contributed by atoms with Gasteiger partial charge in [-0.1, -0.05) is 43.7 Å². The second kappa shape index (κ2) is 6.71. The molecule has 1 fully saturated rings. The second-order valence-corrected chi connectivity index (χ2v) is 5.46. The van der Waals surface area contributed by atoms with E-state index in [4.69, 9.17) is 5.11 Å². The van der Waals surface area contributed by atoms with Gasteiger partial charge in [-0.25, -0.2) is 0 Å². The van der Waals surface area contributed by atoms with E-state index in [1.54, 1.807) is 0 Å². The quantitative estimate of drug-likeness (QED) is 0.854. The highest BCUT2D eigenvalue weighted by molar-refractivity contribution is 5.67. The minimum atomic E-state index is -0.668. The third-order valence-electron chi connectivity index (χ3n) is 3.97. The number of carboxylic acids is 1. The van der Waals surface area contributed by atoms with E-state index in [2.05, 4.69) is 36.1 Å². The zero-order chi connectivity index (χ0) is 13.7. The molecule has 3 heteroatoms. The maximum Gasteiger partial charge on any atom is 0.303 e. The Morgan fingerprint density at radius 1 is 1.42 bits per heavy atom. The molecule has 0 aliphatic carbocycles. The van der Waals surface area contributed by atoms with E-state index in [1.165, 1.54) is 5.56 Å². The van der Waals surface area contributed by atoms with E-state index in [0.29, 0.717) is 18.4 Å². The molecule has 1 aromatic rings. The van der Waals surface area contributed by atoms with Crippen LogP contribution in [0.15, 0.2) is 30.3 Å². The van der Waals surface area contributed by atoms with Crippen LogP contribution in [0, 0.1) is 5.92 Å². The average Bonchev–Trinajstić information content (AvgIpc) is 2.84. The minimum absolute atomic E-state index is 0.310. The predicted molar refractivity (Wildman–Crippen MR) is 76.0 cm³/mol. The number of hydrogen-bond donors (Lipinski definition) is 1. The highest BCUT2D eigenvalue weighted by Gasteiger charge is 2.29. The number of carbonyl (C=O) groups is 1. The van der Waals surface area contributed by atoms with Crippen LogP contribution in [0.1, 0.15) is 44.2 Å². The lowest BCUT2D eigenvalue weighted by Gasteiger charge is -2.28. The maximum atomic E-state index is 10.8. The number of benzene rings is 1. The van der Waals surface area contributed by atoms with Gasteiger partial charge in [-0.15, -0.1) is 0 Å². The molecule has 1 N–H and O–H groups in total. The standard InChI is InChI=1S/C16H23NO2/c1-2-6-15(14-7-4-3-5-8-14)17-10-9-13(12-17)11-16(18)19/h3-5,7-8,13,15H,2,6,9-12H2,1H3,(H,18,19). The molecule has 0 spiro atoms. The van der Waals surface area contributed by atoms with E-state index < -0.39 is 5.97 Å². The van der Waals surface area contributed by atoms with Crippen LogP contribution in [0.4, 0.5) is 0 Å². The highest BCUT2D eigenvalue weighted by atomic mass is 16.4. The van der Waals surface area contributed by atoms with Crippen LogP contribution in [-0.2, 0) is 4.79 Å². The fourth-order valence-electron chi connectivity index (χ4n) is 3.07. The van der Waals surface area contributed by atoms with Crippen LogP contribution < -0.4 is 0 Å². The summed E-state index contributed by atoms with van der Waals surface area (Å²) in [6, 6.07) is 11.0. The van der Waals surface area contributed by atoms with Crippen molar-refractivity contribution < 1.29 is 9.90 Å². The molecule has 1 aliphatic rings. The van der Waals surface area contributed by atoms with Gasteiger partial charge in [0.2, 0.25) is 0 Å². The Morgan fingerprint density at radius 2 is 2.16 bits per heavy atom. The molecule has 0 aromatic heterocycles. The van der Waals surface area contributed by atoms with Gasteiger partial charge in [0.15, 0.2) is 0 Å². The van der Waals surface area contributed by atoms with Gasteiger partial charge in [0, 0.05) is 19.0 Å². The first-order chi connectivity index (χ1) is 9.20. The third kappa shape index (κ3) is 3.80. The van der Waals surface area contributed by atoms with Crippen molar-refractivity contribution in [2.75, 3.05) is 13.1 Å². The first-order valence-corrected chi connectivity index (χ1v) is 7.21. The van der Waals surface area contributed by atoms with Gasteiger partial charge in [-0.2, -0.15) is 0 Å². The molecule has 0 bridgehead atoms. The number of aliphatic carboxylic acids is 1. The molecule has 0 saturated carbocycles. The predicted octanol–water partition coefficient (Wildman–Crippen LogP) is 3.32. The number of hydrogen-bond acceptors (Lipinski definition) is 2. The summed E-state index contributed by atoms with van der Waals surface area (Å²) >= 11 is 0. The fraction of sp³-hybridized carbons (Fsp3) is 0.562. The number of nitrogens with zero attached hydrogens (tertiary/aromatic N) is 1. The lowest BCUT2D eigenvalue weighted by atomic mass is 10.0. The van der Waals surface area contributed by atoms with Gasteiger partial charge in [-0.3, -0.25) is 9.69 Å². The molecule has 0 amide bonds. The van der Waals surface area contributed by atoms with Gasteiger partial charge < -0.3 is 5.11 Å².